The van der Waals surface area contributed by atoms with E-state index in [9.17, 15) is 5.21 Å². The van der Waals surface area contributed by atoms with E-state index in [-0.39, 0.29) is 24.6 Å². The third-order valence-corrected chi connectivity index (χ3v) is 1.01. The summed E-state index contributed by atoms with van der Waals surface area (Å²) in [6, 6.07) is 1.55. The summed E-state index contributed by atoms with van der Waals surface area (Å²) in [5, 5.41) is 10.6. The molecule has 0 aliphatic heterocycles. The molecule has 0 aromatic carbocycles. The molecule has 0 amide bonds. The molecule has 0 fully saturated rings. The van der Waals surface area contributed by atoms with Crippen LogP contribution in [0.1, 0.15) is 0 Å². The summed E-state index contributed by atoms with van der Waals surface area (Å²) < 4.78 is 0.586. The maximum Gasteiger partial charge on any atom is 0.359 e. The molecule has 0 saturated heterocycles. The van der Waals surface area contributed by atoms with Crippen LogP contribution in [0.5, 0.6) is 0 Å². The fraction of sp³-hybridized carbons (Fsp3) is 0. The summed E-state index contributed by atoms with van der Waals surface area (Å²) in [6.45, 7) is 0. The van der Waals surface area contributed by atoms with E-state index in [1.54, 1.807) is 6.07 Å². The molecule has 1 rings (SSSR count). The Morgan fingerprint density at radius 2 is 2.33 bits per heavy atom. The molecule has 0 radical (unpaired) electrons. The molecule has 0 N–H and O–H groups in total. The van der Waals surface area contributed by atoms with Crippen molar-refractivity contribution >= 4 is 12.6 Å². The minimum absolute atomic E-state index is 0. The van der Waals surface area contributed by atoms with Crippen molar-refractivity contribution in [3.63, 3.8) is 0 Å². The van der Waals surface area contributed by atoms with E-state index < -0.39 is 0 Å². The molecule has 0 spiro atoms. The van der Waals surface area contributed by atoms with Gasteiger partial charge in [-0.25, -0.2) is 4.73 Å². The predicted molar refractivity (Wildman–Crippen MR) is 30.4 cm³/mol. The third-order valence-electron chi connectivity index (χ3n) is 0.695. The van der Waals surface area contributed by atoms with Gasteiger partial charge in [-0.05, 0) is 4.98 Å². The zero-order valence-electron chi connectivity index (χ0n) is 4.69. The molecule has 0 atom stereocenters. The topological polar surface area (TPSA) is 39.8 Å². The minimum atomic E-state index is 0. The molecule has 1 aromatic heterocycles. The Balaban J connectivity index is 0.000000640. The molecule has 1 aromatic rings. The number of thiol groups is 1. The minimum Gasteiger partial charge on any atom is -0.710 e. The molecule has 1 heterocycles. The van der Waals surface area contributed by atoms with E-state index in [0.717, 1.165) is 0 Å². The van der Waals surface area contributed by atoms with Crippen molar-refractivity contribution in [2.45, 2.75) is 5.16 Å². The van der Waals surface area contributed by atoms with Gasteiger partial charge in [-0.2, -0.15) is 0 Å². The summed E-state index contributed by atoms with van der Waals surface area (Å²) >= 11 is 3.74. The summed E-state index contributed by atoms with van der Waals surface area (Å²) in [5.74, 6) is 0. The summed E-state index contributed by atoms with van der Waals surface area (Å²) in [6.07, 6.45) is 2.85. The van der Waals surface area contributed by atoms with Crippen LogP contribution in [0.3, 0.4) is 0 Å². The van der Waals surface area contributed by atoms with Crippen LogP contribution in [0, 0.1) is 5.21 Å². The SMILES string of the molecule is [O-][n+]1cccnc1S.[Zn]. The molecule has 0 bridgehead atoms. The van der Waals surface area contributed by atoms with Crippen LogP contribution in [-0.4, -0.2) is 4.98 Å². The Kier molecular flexibility index (Phi) is 3.74. The van der Waals surface area contributed by atoms with Gasteiger partial charge in [-0.1, -0.05) is 12.6 Å². The molecule has 0 aliphatic rings. The van der Waals surface area contributed by atoms with Crippen LogP contribution in [0.25, 0.3) is 0 Å². The first kappa shape index (κ1) is 8.85. The van der Waals surface area contributed by atoms with Crippen molar-refractivity contribution in [1.29, 1.82) is 0 Å². The molecule has 44 valence electrons. The maximum absolute atomic E-state index is 10.4. The van der Waals surface area contributed by atoms with E-state index in [1.807, 2.05) is 0 Å². The van der Waals surface area contributed by atoms with Crippen molar-refractivity contribution in [2.24, 2.45) is 0 Å². The Bertz CT molecular complexity index is 175. The second kappa shape index (κ2) is 3.80. The monoisotopic (exact) mass is 192 g/mol. The normalized spacial score (nSPS) is 8.11. The molecule has 5 heteroatoms. The van der Waals surface area contributed by atoms with Crippen molar-refractivity contribution in [3.8, 4) is 0 Å². The second-order valence-corrected chi connectivity index (χ2v) is 1.65. The van der Waals surface area contributed by atoms with Crippen LogP contribution in [-0.2, 0) is 19.5 Å². The van der Waals surface area contributed by atoms with Gasteiger partial charge in [0.1, 0.15) is 6.20 Å². The average molecular weight is 194 g/mol. The second-order valence-electron chi connectivity index (χ2n) is 1.25. The largest absolute Gasteiger partial charge is 0.710 e. The molecule has 3 nitrogen and oxygen atoms in total. The maximum atomic E-state index is 10.4. The van der Waals surface area contributed by atoms with Crippen LogP contribution in [0.15, 0.2) is 23.6 Å². The van der Waals surface area contributed by atoms with Crippen molar-refractivity contribution in [2.75, 3.05) is 0 Å². The van der Waals surface area contributed by atoms with Gasteiger partial charge >= 0.3 is 5.16 Å². The summed E-state index contributed by atoms with van der Waals surface area (Å²) in [7, 11) is 0. The third kappa shape index (κ3) is 2.28. The van der Waals surface area contributed by atoms with E-state index in [4.69, 9.17) is 0 Å². The first-order valence-electron chi connectivity index (χ1n) is 2.04. The van der Waals surface area contributed by atoms with Crippen LogP contribution < -0.4 is 4.73 Å². The van der Waals surface area contributed by atoms with Crippen molar-refractivity contribution in [1.82, 2.24) is 4.98 Å². The standard InChI is InChI=1S/C4H4N2OS.Zn/c7-6-3-1-2-5-4(6)8;/h1-3H,(H,5,8);. The first-order chi connectivity index (χ1) is 3.80. The van der Waals surface area contributed by atoms with Crippen molar-refractivity contribution in [3.05, 3.63) is 23.7 Å². The first-order valence-corrected chi connectivity index (χ1v) is 2.48. The van der Waals surface area contributed by atoms with Gasteiger partial charge < -0.3 is 5.21 Å². The van der Waals surface area contributed by atoms with Gasteiger partial charge in [0.25, 0.3) is 0 Å². The van der Waals surface area contributed by atoms with Gasteiger partial charge in [0.2, 0.25) is 0 Å². The van der Waals surface area contributed by atoms with Crippen LogP contribution in [0.2, 0.25) is 0 Å². The van der Waals surface area contributed by atoms with Gasteiger partial charge in [-0.15, -0.1) is 0 Å². The van der Waals surface area contributed by atoms with E-state index >= 15 is 0 Å². The van der Waals surface area contributed by atoms with Crippen LogP contribution in [0.4, 0.5) is 0 Å². The zero-order chi connectivity index (χ0) is 5.98. The van der Waals surface area contributed by atoms with E-state index in [1.165, 1.54) is 12.4 Å². The quantitative estimate of drug-likeness (QED) is 0.207. The number of hydrogen-bond acceptors (Lipinski definition) is 3. The molecule has 0 saturated carbocycles. The molecule has 0 unspecified atom stereocenters. The van der Waals surface area contributed by atoms with Gasteiger partial charge in [0.15, 0.2) is 0 Å². The van der Waals surface area contributed by atoms with Gasteiger partial charge in [-0.3, -0.25) is 0 Å². The Morgan fingerprint density at radius 3 is 2.67 bits per heavy atom. The Hall–Kier alpha value is -0.147. The number of aromatic nitrogens is 2. The zero-order valence-corrected chi connectivity index (χ0v) is 8.55. The molecule has 0 aliphatic carbocycles. The number of rotatable bonds is 0. The Labute approximate surface area is 70.9 Å². The van der Waals surface area contributed by atoms with Gasteiger partial charge in [0.05, 0.1) is 6.20 Å². The summed E-state index contributed by atoms with van der Waals surface area (Å²) in [4.78, 5) is 3.59. The predicted octanol–water partition coefficient (Wildman–Crippen LogP) is 0.00120. The molecular weight excluding hydrogens is 190 g/mol. The average Bonchev–Trinajstić information content (AvgIpc) is 1.77. The van der Waals surface area contributed by atoms with Crippen molar-refractivity contribution < 1.29 is 24.2 Å². The fourth-order valence-electron chi connectivity index (χ4n) is 0.350. The van der Waals surface area contributed by atoms with Gasteiger partial charge in [0, 0.05) is 25.5 Å². The Morgan fingerprint density at radius 1 is 1.67 bits per heavy atom. The van der Waals surface area contributed by atoms with E-state index in [2.05, 4.69) is 17.6 Å². The van der Waals surface area contributed by atoms with Crippen LogP contribution >= 0.6 is 12.6 Å². The smallest absolute Gasteiger partial charge is 0.359 e. The van der Waals surface area contributed by atoms with E-state index in [0.29, 0.717) is 4.73 Å². The number of nitrogens with zero attached hydrogens (tertiary/aromatic N) is 2. The summed E-state index contributed by atoms with van der Waals surface area (Å²) in [5.41, 5.74) is 0. The molecule has 9 heavy (non-hydrogen) atoms. The number of hydrogen-bond donors (Lipinski definition) is 1. The molecular formula is C4H4N2OSZn. The fourth-order valence-corrected chi connectivity index (χ4v) is 0.483.